The molecule has 0 radical (unpaired) electrons. The average Bonchev–Trinajstić information content (AvgIpc) is 2.76. The van der Waals surface area contributed by atoms with Crippen molar-refractivity contribution in [3.05, 3.63) is 28.3 Å². The minimum atomic E-state index is 0.764. The summed E-state index contributed by atoms with van der Waals surface area (Å²) in [5.41, 5.74) is 2.36. The Bertz CT molecular complexity index is 437. The van der Waals surface area contributed by atoms with Crippen LogP contribution in [0.3, 0.4) is 0 Å². The molecule has 1 aliphatic rings. The Morgan fingerprint density at radius 1 is 1.47 bits per heavy atom. The summed E-state index contributed by atoms with van der Waals surface area (Å²) >= 11 is 6.08. The van der Waals surface area contributed by atoms with Crippen LogP contribution in [0, 0.1) is 12.3 Å². The summed E-state index contributed by atoms with van der Waals surface area (Å²) in [5.74, 6) is 3.64. The molecular formula is C14H16ClNO. The number of benzene rings is 1. The van der Waals surface area contributed by atoms with Gasteiger partial charge in [0.25, 0.3) is 0 Å². The molecule has 90 valence electrons. The number of hydrogen-bond acceptors (Lipinski definition) is 2. The molecule has 1 aliphatic heterocycles. The normalized spacial score (nSPS) is 12.9. The van der Waals surface area contributed by atoms with Gasteiger partial charge in [0, 0.05) is 30.0 Å². The summed E-state index contributed by atoms with van der Waals surface area (Å²) in [4.78, 5) is 0. The van der Waals surface area contributed by atoms with Gasteiger partial charge in [0.05, 0.1) is 6.61 Å². The van der Waals surface area contributed by atoms with Crippen molar-refractivity contribution in [2.24, 2.45) is 0 Å². The quantitative estimate of drug-likeness (QED) is 0.640. The smallest absolute Gasteiger partial charge is 0.127 e. The Morgan fingerprint density at radius 2 is 2.35 bits per heavy atom. The first-order valence-electron chi connectivity index (χ1n) is 5.89. The van der Waals surface area contributed by atoms with E-state index in [1.807, 2.05) is 12.1 Å². The number of nitrogens with one attached hydrogen (secondary N) is 1. The lowest BCUT2D eigenvalue weighted by atomic mass is 10.1. The van der Waals surface area contributed by atoms with E-state index in [1.165, 1.54) is 5.56 Å². The molecule has 17 heavy (non-hydrogen) atoms. The van der Waals surface area contributed by atoms with Crippen molar-refractivity contribution in [3.8, 4) is 18.1 Å². The van der Waals surface area contributed by atoms with Crippen molar-refractivity contribution < 1.29 is 4.74 Å². The van der Waals surface area contributed by atoms with Gasteiger partial charge < -0.3 is 10.1 Å². The number of halogens is 1. The van der Waals surface area contributed by atoms with Gasteiger partial charge in [-0.2, -0.15) is 0 Å². The zero-order valence-electron chi connectivity index (χ0n) is 9.76. The molecule has 0 aliphatic carbocycles. The fourth-order valence-electron chi connectivity index (χ4n) is 2.02. The molecule has 0 fully saturated rings. The lowest BCUT2D eigenvalue weighted by Gasteiger charge is -2.09. The second kappa shape index (κ2) is 5.95. The topological polar surface area (TPSA) is 21.3 Å². The molecule has 0 bridgehead atoms. The Labute approximate surface area is 107 Å². The standard InChI is InChI=1S/C14H16ClNO/c1-2-3-4-6-16-10-12-9-13(15)8-11-5-7-17-14(11)12/h1,8-9,16H,3-7,10H2. The predicted molar refractivity (Wildman–Crippen MR) is 70.4 cm³/mol. The fourth-order valence-corrected chi connectivity index (χ4v) is 2.28. The molecule has 2 rings (SSSR count). The van der Waals surface area contributed by atoms with Gasteiger partial charge in [-0.3, -0.25) is 0 Å². The van der Waals surface area contributed by atoms with Crippen molar-refractivity contribution >= 4 is 11.6 Å². The Balaban J connectivity index is 1.94. The van der Waals surface area contributed by atoms with Gasteiger partial charge in [-0.05, 0) is 30.7 Å². The number of hydrogen-bond donors (Lipinski definition) is 1. The zero-order valence-corrected chi connectivity index (χ0v) is 10.5. The summed E-state index contributed by atoms with van der Waals surface area (Å²) in [6.07, 6.45) is 7.98. The lowest BCUT2D eigenvalue weighted by molar-refractivity contribution is 0.352. The second-order valence-corrected chi connectivity index (χ2v) is 4.57. The highest BCUT2D eigenvalue weighted by molar-refractivity contribution is 6.30. The van der Waals surface area contributed by atoms with E-state index in [0.29, 0.717) is 0 Å². The number of ether oxygens (including phenoxy) is 1. The van der Waals surface area contributed by atoms with Crippen LogP contribution in [0.5, 0.6) is 5.75 Å². The van der Waals surface area contributed by atoms with Gasteiger partial charge in [-0.1, -0.05) is 11.6 Å². The summed E-state index contributed by atoms with van der Waals surface area (Å²) in [5, 5.41) is 4.15. The summed E-state index contributed by atoms with van der Waals surface area (Å²) < 4.78 is 5.63. The van der Waals surface area contributed by atoms with E-state index in [0.717, 1.165) is 55.3 Å². The monoisotopic (exact) mass is 249 g/mol. The number of unbranched alkanes of at least 4 members (excludes halogenated alkanes) is 1. The molecule has 0 spiro atoms. The largest absolute Gasteiger partial charge is 0.493 e. The first-order valence-corrected chi connectivity index (χ1v) is 6.27. The SMILES string of the molecule is C#CCCCNCc1cc(Cl)cc2c1OCC2. The lowest BCUT2D eigenvalue weighted by Crippen LogP contribution is -2.15. The van der Waals surface area contributed by atoms with E-state index in [-0.39, 0.29) is 0 Å². The third-order valence-corrected chi connectivity index (χ3v) is 3.03. The molecule has 0 unspecified atom stereocenters. The van der Waals surface area contributed by atoms with E-state index in [2.05, 4.69) is 11.2 Å². The molecule has 0 amide bonds. The maximum atomic E-state index is 6.08. The van der Waals surface area contributed by atoms with Crippen molar-refractivity contribution in [1.82, 2.24) is 5.32 Å². The highest BCUT2D eigenvalue weighted by Gasteiger charge is 2.16. The molecule has 1 N–H and O–H groups in total. The predicted octanol–water partition coefficient (Wildman–Crippen LogP) is 2.78. The van der Waals surface area contributed by atoms with Gasteiger partial charge in [-0.25, -0.2) is 0 Å². The summed E-state index contributed by atoms with van der Waals surface area (Å²) in [6.45, 7) is 2.47. The van der Waals surface area contributed by atoms with Crippen LogP contribution < -0.4 is 10.1 Å². The van der Waals surface area contributed by atoms with Gasteiger partial charge in [-0.15, -0.1) is 12.3 Å². The van der Waals surface area contributed by atoms with Gasteiger partial charge >= 0.3 is 0 Å². The summed E-state index contributed by atoms with van der Waals surface area (Å²) in [6, 6.07) is 3.96. The highest BCUT2D eigenvalue weighted by atomic mass is 35.5. The van der Waals surface area contributed by atoms with E-state index < -0.39 is 0 Å². The van der Waals surface area contributed by atoms with Gasteiger partial charge in [0.1, 0.15) is 5.75 Å². The molecule has 3 heteroatoms. The number of rotatable bonds is 5. The van der Waals surface area contributed by atoms with Gasteiger partial charge in [0.2, 0.25) is 0 Å². The first kappa shape index (κ1) is 12.3. The maximum absolute atomic E-state index is 6.08. The van der Waals surface area contributed by atoms with E-state index in [1.54, 1.807) is 0 Å². The van der Waals surface area contributed by atoms with E-state index in [4.69, 9.17) is 22.8 Å². The van der Waals surface area contributed by atoms with Crippen LogP contribution in [0.4, 0.5) is 0 Å². The van der Waals surface area contributed by atoms with Crippen LogP contribution in [0.2, 0.25) is 5.02 Å². The van der Waals surface area contributed by atoms with Crippen LogP contribution >= 0.6 is 11.6 Å². The molecule has 1 aromatic rings. The van der Waals surface area contributed by atoms with Crippen molar-refractivity contribution in [2.45, 2.75) is 25.8 Å². The van der Waals surface area contributed by atoms with Crippen LogP contribution in [-0.4, -0.2) is 13.2 Å². The Hall–Kier alpha value is -1.17. The summed E-state index contributed by atoms with van der Waals surface area (Å²) in [7, 11) is 0. The van der Waals surface area contributed by atoms with Crippen LogP contribution in [-0.2, 0) is 13.0 Å². The minimum Gasteiger partial charge on any atom is -0.493 e. The second-order valence-electron chi connectivity index (χ2n) is 4.14. The molecule has 2 nitrogen and oxygen atoms in total. The number of terminal acetylenes is 1. The fraction of sp³-hybridized carbons (Fsp3) is 0.429. The molecule has 1 heterocycles. The third-order valence-electron chi connectivity index (χ3n) is 2.82. The van der Waals surface area contributed by atoms with Crippen LogP contribution in [0.15, 0.2) is 12.1 Å². The molecule has 0 atom stereocenters. The molecule has 1 aromatic carbocycles. The molecular weight excluding hydrogens is 234 g/mol. The Kier molecular flexibility index (Phi) is 4.30. The van der Waals surface area contributed by atoms with Gasteiger partial charge in [0.15, 0.2) is 0 Å². The minimum absolute atomic E-state index is 0.764. The molecule has 0 saturated heterocycles. The Morgan fingerprint density at radius 3 is 3.18 bits per heavy atom. The molecule has 0 saturated carbocycles. The maximum Gasteiger partial charge on any atom is 0.127 e. The van der Waals surface area contributed by atoms with Crippen LogP contribution in [0.25, 0.3) is 0 Å². The van der Waals surface area contributed by atoms with E-state index >= 15 is 0 Å². The zero-order chi connectivity index (χ0) is 12.1. The third kappa shape index (κ3) is 3.15. The first-order chi connectivity index (χ1) is 8.31. The van der Waals surface area contributed by atoms with Crippen molar-refractivity contribution in [1.29, 1.82) is 0 Å². The highest BCUT2D eigenvalue weighted by Crippen LogP contribution is 2.32. The molecule has 0 aromatic heterocycles. The van der Waals surface area contributed by atoms with Crippen LogP contribution in [0.1, 0.15) is 24.0 Å². The number of fused-ring (bicyclic) bond motifs is 1. The van der Waals surface area contributed by atoms with Crippen molar-refractivity contribution in [2.75, 3.05) is 13.2 Å². The average molecular weight is 250 g/mol. The van der Waals surface area contributed by atoms with Crippen molar-refractivity contribution in [3.63, 3.8) is 0 Å². The van der Waals surface area contributed by atoms with E-state index in [9.17, 15) is 0 Å².